The summed E-state index contributed by atoms with van der Waals surface area (Å²) in [6, 6.07) is 15.9. The number of sulfonamides is 1. The molecule has 3 aromatic rings. The summed E-state index contributed by atoms with van der Waals surface area (Å²) in [4.78, 5) is 11.5. The van der Waals surface area contributed by atoms with Crippen molar-refractivity contribution in [1.29, 1.82) is 0 Å². The van der Waals surface area contributed by atoms with Gasteiger partial charge in [-0.15, -0.1) is 0 Å². The third-order valence-corrected chi connectivity index (χ3v) is 8.95. The highest BCUT2D eigenvalue weighted by Gasteiger charge is 2.40. The van der Waals surface area contributed by atoms with Gasteiger partial charge >= 0.3 is 5.97 Å². The second kappa shape index (κ2) is 9.07. The van der Waals surface area contributed by atoms with Gasteiger partial charge in [-0.1, -0.05) is 63.6 Å². The maximum atomic E-state index is 13.6. The second-order valence-electron chi connectivity index (χ2n) is 11.3. The van der Waals surface area contributed by atoms with Crippen LogP contribution < -0.4 is 4.72 Å². The molecule has 0 atom stereocenters. The van der Waals surface area contributed by atoms with E-state index in [-0.39, 0.29) is 21.3 Å². The molecular weight excluding hydrogens is 470 g/mol. The molecule has 0 bridgehead atoms. The Balaban J connectivity index is 1.92. The molecule has 4 rings (SSSR count). The zero-order chi connectivity index (χ0) is 26.5. The van der Waals surface area contributed by atoms with Gasteiger partial charge in [0.2, 0.25) is 0 Å². The summed E-state index contributed by atoms with van der Waals surface area (Å²) in [5, 5.41) is 9.27. The van der Waals surface area contributed by atoms with E-state index < -0.39 is 16.0 Å². The van der Waals surface area contributed by atoms with Crippen molar-refractivity contribution < 1.29 is 18.3 Å². The van der Waals surface area contributed by atoms with Gasteiger partial charge in [-0.2, -0.15) is 0 Å². The molecule has 0 aliphatic heterocycles. The van der Waals surface area contributed by atoms with Gasteiger partial charge in [-0.3, -0.25) is 4.72 Å². The predicted octanol–water partition coefficient (Wildman–Crippen LogP) is 6.74. The van der Waals surface area contributed by atoms with Crippen LogP contribution in [0, 0.1) is 13.8 Å². The molecule has 0 spiro atoms. The molecule has 0 radical (unpaired) electrons. The van der Waals surface area contributed by atoms with Crippen molar-refractivity contribution in [2.24, 2.45) is 0 Å². The predicted molar refractivity (Wildman–Crippen MR) is 145 cm³/mol. The van der Waals surface area contributed by atoms with Crippen LogP contribution in [0.2, 0.25) is 0 Å². The lowest BCUT2D eigenvalue weighted by atomic mass is 9.62. The zero-order valence-electron chi connectivity index (χ0n) is 21.9. The van der Waals surface area contributed by atoms with E-state index in [0.29, 0.717) is 12.1 Å². The maximum Gasteiger partial charge on any atom is 0.335 e. The summed E-state index contributed by atoms with van der Waals surface area (Å²) in [7, 11) is -3.83. The summed E-state index contributed by atoms with van der Waals surface area (Å²) < 4.78 is 30.3. The molecule has 5 nitrogen and oxygen atoms in total. The Hall–Kier alpha value is -3.12. The van der Waals surface area contributed by atoms with E-state index in [1.54, 1.807) is 48.5 Å². The van der Waals surface area contributed by atoms with Crippen LogP contribution in [-0.4, -0.2) is 19.5 Å². The van der Waals surface area contributed by atoms with Crippen LogP contribution >= 0.6 is 0 Å². The quantitative estimate of drug-likeness (QED) is 0.388. The number of fused-ring (bicyclic) bond motifs is 1. The molecule has 0 saturated carbocycles. The third kappa shape index (κ3) is 4.92. The molecule has 0 amide bonds. The molecule has 190 valence electrons. The highest BCUT2D eigenvalue weighted by Crippen LogP contribution is 2.51. The largest absolute Gasteiger partial charge is 0.478 e. The summed E-state index contributed by atoms with van der Waals surface area (Å²) in [5.74, 6) is -0.970. The molecule has 36 heavy (non-hydrogen) atoms. The summed E-state index contributed by atoms with van der Waals surface area (Å²) in [6.45, 7) is 12.8. The molecule has 1 aliphatic rings. The Bertz CT molecular complexity index is 1420. The average molecular weight is 506 g/mol. The number of hydrogen-bond acceptors (Lipinski definition) is 3. The third-order valence-electron chi connectivity index (χ3n) is 7.59. The second-order valence-corrected chi connectivity index (χ2v) is 13.0. The van der Waals surface area contributed by atoms with E-state index >= 15 is 0 Å². The topological polar surface area (TPSA) is 83.5 Å². The minimum atomic E-state index is -3.83. The van der Waals surface area contributed by atoms with Crippen molar-refractivity contribution in [2.45, 2.75) is 76.5 Å². The lowest BCUT2D eigenvalue weighted by Gasteiger charge is -2.44. The number of carboxylic acids is 1. The Morgan fingerprint density at radius 1 is 0.917 bits per heavy atom. The average Bonchev–Trinajstić information content (AvgIpc) is 2.79. The Kier molecular flexibility index (Phi) is 6.54. The Labute approximate surface area is 214 Å². The van der Waals surface area contributed by atoms with Gasteiger partial charge in [0.15, 0.2) is 0 Å². The van der Waals surface area contributed by atoms with Gasteiger partial charge in [0, 0.05) is 0 Å². The minimum Gasteiger partial charge on any atom is -0.478 e. The highest BCUT2D eigenvalue weighted by molar-refractivity contribution is 7.92. The normalized spacial score (nSPS) is 16.3. The van der Waals surface area contributed by atoms with Crippen LogP contribution in [0.15, 0.2) is 59.5 Å². The highest BCUT2D eigenvalue weighted by atomic mass is 32.2. The van der Waals surface area contributed by atoms with Crippen molar-refractivity contribution in [3.63, 3.8) is 0 Å². The summed E-state index contributed by atoms with van der Waals surface area (Å²) >= 11 is 0. The van der Waals surface area contributed by atoms with E-state index in [9.17, 15) is 18.3 Å². The van der Waals surface area contributed by atoms with E-state index in [4.69, 9.17) is 0 Å². The van der Waals surface area contributed by atoms with E-state index in [1.165, 1.54) is 5.56 Å². The van der Waals surface area contributed by atoms with Crippen LogP contribution in [0.1, 0.15) is 84.3 Å². The molecule has 0 saturated heterocycles. The van der Waals surface area contributed by atoms with Crippen molar-refractivity contribution >= 4 is 21.7 Å². The Morgan fingerprint density at radius 2 is 1.50 bits per heavy atom. The fourth-order valence-electron chi connectivity index (χ4n) is 5.20. The lowest BCUT2D eigenvalue weighted by molar-refractivity contribution is 0.0697. The number of carboxylic acid groups (broad SMARTS) is 1. The number of aryl methyl sites for hydroxylation is 2. The van der Waals surface area contributed by atoms with Crippen molar-refractivity contribution in [3.05, 3.63) is 93.5 Å². The van der Waals surface area contributed by atoms with Crippen LogP contribution in [0.3, 0.4) is 0 Å². The zero-order valence-corrected chi connectivity index (χ0v) is 22.7. The molecular formula is C30H35NO4S. The molecule has 6 heteroatoms. The van der Waals surface area contributed by atoms with E-state index in [1.807, 2.05) is 13.8 Å². The number of anilines is 1. The first-order valence-corrected chi connectivity index (χ1v) is 13.8. The number of aromatic carboxylic acids is 1. The maximum absolute atomic E-state index is 13.6. The lowest BCUT2D eigenvalue weighted by Crippen LogP contribution is -2.36. The molecule has 2 N–H and O–H groups in total. The fraction of sp³-hybridized carbons (Fsp3) is 0.367. The minimum absolute atomic E-state index is 0.0820. The van der Waals surface area contributed by atoms with Gasteiger partial charge in [-0.05, 0) is 96.0 Å². The first kappa shape index (κ1) is 26.0. The number of benzene rings is 3. The van der Waals surface area contributed by atoms with Gasteiger partial charge < -0.3 is 5.11 Å². The molecule has 0 fully saturated rings. The number of rotatable bonds is 6. The molecule has 0 unspecified atom stereocenters. The molecule has 3 aromatic carbocycles. The monoisotopic (exact) mass is 505 g/mol. The number of hydrogen-bond donors (Lipinski definition) is 2. The molecule has 1 aliphatic carbocycles. The summed E-state index contributed by atoms with van der Waals surface area (Å²) in [6.07, 6.45) is 2.45. The van der Waals surface area contributed by atoms with E-state index in [2.05, 4.69) is 38.5 Å². The summed E-state index contributed by atoms with van der Waals surface area (Å²) in [5.41, 5.74) is 6.67. The first-order chi connectivity index (χ1) is 16.7. The Morgan fingerprint density at radius 3 is 2.08 bits per heavy atom. The first-order valence-electron chi connectivity index (χ1n) is 12.3. The SMILES string of the molecule is Cc1ccc(S(=O)(=O)Nc2c(Cc3ccc(C(=O)O)cc3)c(C)cc3c2C(C)(C)CCC3(C)C)cc1. The standard InChI is InChI=1S/C30H35NO4S/c1-19-7-13-23(14-8-19)36(34,35)31-27-24(18-21-9-11-22(12-10-21)28(32)33)20(2)17-25-26(27)30(5,6)16-15-29(25,3)4/h7-14,17,31H,15-16,18H2,1-6H3,(H,32,33). The van der Waals surface area contributed by atoms with Gasteiger partial charge in [0.1, 0.15) is 0 Å². The van der Waals surface area contributed by atoms with Crippen molar-refractivity contribution in [3.8, 4) is 0 Å². The van der Waals surface area contributed by atoms with Gasteiger partial charge in [0.05, 0.1) is 16.1 Å². The van der Waals surface area contributed by atoms with Crippen LogP contribution in [0.25, 0.3) is 0 Å². The van der Waals surface area contributed by atoms with Crippen LogP contribution in [0.4, 0.5) is 5.69 Å². The van der Waals surface area contributed by atoms with E-state index in [0.717, 1.165) is 40.7 Å². The van der Waals surface area contributed by atoms with Gasteiger partial charge in [0.25, 0.3) is 10.0 Å². The van der Waals surface area contributed by atoms with Crippen molar-refractivity contribution in [2.75, 3.05) is 4.72 Å². The van der Waals surface area contributed by atoms with Crippen LogP contribution in [0.5, 0.6) is 0 Å². The molecule has 0 heterocycles. The fourth-order valence-corrected chi connectivity index (χ4v) is 6.31. The van der Waals surface area contributed by atoms with Crippen molar-refractivity contribution in [1.82, 2.24) is 0 Å². The number of nitrogens with one attached hydrogen (secondary N) is 1. The molecule has 0 aromatic heterocycles. The number of carbonyl (C=O) groups is 1. The van der Waals surface area contributed by atoms with Crippen LogP contribution in [-0.2, 0) is 27.3 Å². The smallest absolute Gasteiger partial charge is 0.335 e. The van der Waals surface area contributed by atoms with Gasteiger partial charge in [-0.25, -0.2) is 13.2 Å².